The first-order chi connectivity index (χ1) is 4.63. The number of carboxylic acids is 1. The molecule has 0 fully saturated rings. The second kappa shape index (κ2) is 4.39. The van der Waals surface area contributed by atoms with Gasteiger partial charge in [-0.05, 0) is 0 Å². The lowest BCUT2D eigenvalue weighted by molar-refractivity contribution is -0.130. The molecule has 0 aliphatic heterocycles. The van der Waals surface area contributed by atoms with E-state index in [1.165, 1.54) is 6.92 Å². The second-order valence-electron chi connectivity index (χ2n) is 1.52. The molecule has 0 rings (SSSR count). The SMILES string of the molecule is CC(=O)NCC#CC(=O)O. The van der Waals surface area contributed by atoms with Gasteiger partial charge in [0.1, 0.15) is 0 Å². The zero-order valence-electron chi connectivity index (χ0n) is 5.47. The minimum absolute atomic E-state index is 0.0850. The highest BCUT2D eigenvalue weighted by Crippen LogP contribution is 1.60. The molecular formula is C6H7NO3. The summed E-state index contributed by atoms with van der Waals surface area (Å²) in [6, 6.07) is 0. The van der Waals surface area contributed by atoms with Gasteiger partial charge in [0.15, 0.2) is 0 Å². The molecule has 0 bridgehead atoms. The van der Waals surface area contributed by atoms with Crippen molar-refractivity contribution in [3.8, 4) is 11.8 Å². The molecule has 0 saturated heterocycles. The van der Waals surface area contributed by atoms with E-state index in [0.29, 0.717) is 0 Å². The third-order valence-corrected chi connectivity index (χ3v) is 0.621. The maximum Gasteiger partial charge on any atom is 0.381 e. The third kappa shape index (κ3) is 6.50. The van der Waals surface area contributed by atoms with Crippen molar-refractivity contribution in [2.24, 2.45) is 0 Å². The average molecular weight is 141 g/mol. The first-order valence-electron chi connectivity index (χ1n) is 2.59. The highest BCUT2D eigenvalue weighted by molar-refractivity contribution is 5.86. The summed E-state index contributed by atoms with van der Waals surface area (Å²) < 4.78 is 0. The molecule has 2 N–H and O–H groups in total. The summed E-state index contributed by atoms with van der Waals surface area (Å²) in [6.45, 7) is 1.42. The number of aliphatic carboxylic acids is 1. The Balaban J connectivity index is 3.48. The van der Waals surface area contributed by atoms with Crippen LogP contribution in [0.2, 0.25) is 0 Å². The molecular weight excluding hydrogens is 134 g/mol. The van der Waals surface area contributed by atoms with Crippen LogP contribution in [-0.4, -0.2) is 23.5 Å². The van der Waals surface area contributed by atoms with E-state index in [0.717, 1.165) is 0 Å². The van der Waals surface area contributed by atoms with Crippen molar-refractivity contribution in [3.63, 3.8) is 0 Å². The Morgan fingerprint density at radius 3 is 2.60 bits per heavy atom. The van der Waals surface area contributed by atoms with Crippen LogP contribution in [0, 0.1) is 11.8 Å². The molecule has 0 aromatic heterocycles. The zero-order chi connectivity index (χ0) is 7.98. The highest BCUT2D eigenvalue weighted by Gasteiger charge is 1.85. The van der Waals surface area contributed by atoms with Crippen LogP contribution in [0.4, 0.5) is 0 Å². The molecule has 0 spiro atoms. The van der Waals surface area contributed by atoms with Gasteiger partial charge in [0.05, 0.1) is 6.54 Å². The summed E-state index contributed by atoms with van der Waals surface area (Å²) >= 11 is 0. The standard InChI is InChI=1S/C6H7NO3/c1-5(8)7-4-2-3-6(9)10/h4H2,1H3,(H,7,8)(H,9,10). The maximum absolute atomic E-state index is 10.2. The molecule has 1 amide bonds. The Morgan fingerprint density at radius 2 is 2.20 bits per heavy atom. The van der Waals surface area contributed by atoms with E-state index in [2.05, 4.69) is 11.2 Å². The van der Waals surface area contributed by atoms with Crippen LogP contribution < -0.4 is 5.32 Å². The summed E-state index contributed by atoms with van der Waals surface area (Å²) in [5.41, 5.74) is 0. The van der Waals surface area contributed by atoms with Gasteiger partial charge in [0.25, 0.3) is 0 Å². The smallest absolute Gasteiger partial charge is 0.381 e. The number of carbonyl (C=O) groups is 2. The lowest BCUT2D eigenvalue weighted by atomic mass is 10.5. The number of hydrogen-bond donors (Lipinski definition) is 2. The van der Waals surface area contributed by atoms with Crippen molar-refractivity contribution in [3.05, 3.63) is 0 Å². The van der Waals surface area contributed by atoms with E-state index < -0.39 is 5.97 Å². The van der Waals surface area contributed by atoms with Gasteiger partial charge in [0.2, 0.25) is 5.91 Å². The van der Waals surface area contributed by atoms with Gasteiger partial charge in [-0.1, -0.05) is 5.92 Å². The first kappa shape index (κ1) is 8.50. The lowest BCUT2D eigenvalue weighted by Gasteiger charge is -1.89. The van der Waals surface area contributed by atoms with E-state index in [1.54, 1.807) is 0 Å². The summed E-state index contributed by atoms with van der Waals surface area (Å²) in [7, 11) is 0. The van der Waals surface area contributed by atoms with E-state index in [1.807, 2.05) is 5.92 Å². The van der Waals surface area contributed by atoms with Crippen LogP contribution in [-0.2, 0) is 9.59 Å². The minimum atomic E-state index is -1.19. The van der Waals surface area contributed by atoms with Gasteiger partial charge in [0, 0.05) is 12.8 Å². The molecule has 0 saturated carbocycles. The molecule has 0 unspecified atom stereocenters. The first-order valence-corrected chi connectivity index (χ1v) is 2.59. The van der Waals surface area contributed by atoms with Crippen LogP contribution in [0.3, 0.4) is 0 Å². The van der Waals surface area contributed by atoms with Crippen molar-refractivity contribution < 1.29 is 14.7 Å². The molecule has 0 atom stereocenters. The van der Waals surface area contributed by atoms with Crippen LogP contribution in [0.1, 0.15) is 6.92 Å². The number of carboxylic acid groups (broad SMARTS) is 1. The molecule has 0 aromatic carbocycles. The quantitative estimate of drug-likeness (QED) is 0.470. The second-order valence-corrected chi connectivity index (χ2v) is 1.52. The van der Waals surface area contributed by atoms with Gasteiger partial charge >= 0.3 is 5.97 Å². The van der Waals surface area contributed by atoms with E-state index in [-0.39, 0.29) is 12.5 Å². The molecule has 0 aliphatic rings. The normalized spacial score (nSPS) is 7.30. The number of nitrogens with one attached hydrogen (secondary N) is 1. The van der Waals surface area contributed by atoms with Gasteiger partial charge in [-0.15, -0.1) is 0 Å². The van der Waals surface area contributed by atoms with Crippen molar-refractivity contribution >= 4 is 11.9 Å². The maximum atomic E-state index is 10.2. The number of carbonyl (C=O) groups excluding carboxylic acids is 1. The van der Waals surface area contributed by atoms with E-state index in [9.17, 15) is 9.59 Å². The van der Waals surface area contributed by atoms with Crippen molar-refractivity contribution in [2.75, 3.05) is 6.54 Å². The summed E-state index contributed by atoms with van der Waals surface area (Å²) in [4.78, 5) is 19.9. The van der Waals surface area contributed by atoms with Crippen LogP contribution in [0.25, 0.3) is 0 Å². The summed E-state index contributed by atoms with van der Waals surface area (Å²) in [5, 5.41) is 10.3. The molecule has 0 heterocycles. The molecule has 4 heteroatoms. The number of rotatable bonds is 1. The number of amides is 1. The van der Waals surface area contributed by atoms with Gasteiger partial charge in [-0.25, -0.2) is 4.79 Å². The fourth-order valence-corrected chi connectivity index (χ4v) is 0.288. The zero-order valence-corrected chi connectivity index (χ0v) is 5.47. The molecule has 0 aliphatic carbocycles. The van der Waals surface area contributed by atoms with Crippen LogP contribution >= 0.6 is 0 Å². The Labute approximate surface area is 58.2 Å². The molecule has 4 nitrogen and oxygen atoms in total. The minimum Gasteiger partial charge on any atom is -0.472 e. The monoisotopic (exact) mass is 141 g/mol. The van der Waals surface area contributed by atoms with Crippen molar-refractivity contribution in [2.45, 2.75) is 6.92 Å². The molecule has 10 heavy (non-hydrogen) atoms. The predicted molar refractivity (Wildman–Crippen MR) is 34.1 cm³/mol. The van der Waals surface area contributed by atoms with Crippen molar-refractivity contribution in [1.29, 1.82) is 0 Å². The largest absolute Gasteiger partial charge is 0.472 e. The van der Waals surface area contributed by atoms with Gasteiger partial charge < -0.3 is 10.4 Å². The molecule has 0 aromatic rings. The predicted octanol–water partition coefficient (Wildman–Crippen LogP) is -0.790. The highest BCUT2D eigenvalue weighted by atomic mass is 16.4. The average Bonchev–Trinajstić information content (AvgIpc) is 1.79. The summed E-state index contributed by atoms with van der Waals surface area (Å²) in [5.74, 6) is 2.68. The topological polar surface area (TPSA) is 66.4 Å². The fraction of sp³-hybridized carbons (Fsp3) is 0.333. The molecule has 54 valence electrons. The van der Waals surface area contributed by atoms with E-state index in [4.69, 9.17) is 5.11 Å². The lowest BCUT2D eigenvalue weighted by Crippen LogP contribution is -2.19. The molecule has 0 radical (unpaired) electrons. The van der Waals surface area contributed by atoms with Crippen LogP contribution in [0.15, 0.2) is 0 Å². The Morgan fingerprint density at radius 1 is 1.60 bits per heavy atom. The fourth-order valence-electron chi connectivity index (χ4n) is 0.288. The van der Waals surface area contributed by atoms with Crippen LogP contribution in [0.5, 0.6) is 0 Å². The summed E-state index contributed by atoms with van der Waals surface area (Å²) in [6.07, 6.45) is 0. The third-order valence-electron chi connectivity index (χ3n) is 0.621. The van der Waals surface area contributed by atoms with Gasteiger partial charge in [-0.3, -0.25) is 4.79 Å². The Hall–Kier alpha value is -1.50. The Bertz CT molecular complexity index is 199. The Kier molecular flexibility index (Phi) is 3.73. The number of hydrogen-bond acceptors (Lipinski definition) is 2. The van der Waals surface area contributed by atoms with Gasteiger partial charge in [-0.2, -0.15) is 0 Å². The van der Waals surface area contributed by atoms with E-state index >= 15 is 0 Å². The van der Waals surface area contributed by atoms with Crippen molar-refractivity contribution in [1.82, 2.24) is 5.32 Å².